The van der Waals surface area contributed by atoms with Gasteiger partial charge in [0.15, 0.2) is 23.2 Å². The first kappa shape index (κ1) is 54.8. The minimum absolute atomic E-state index is 0.000575. The molecule has 0 amide bonds. The number of hydrogen-bond donors (Lipinski definition) is 0. The van der Waals surface area contributed by atoms with Gasteiger partial charge in [-0.1, -0.05) is 227 Å². The molecule has 0 atom stereocenters. The van der Waals surface area contributed by atoms with Gasteiger partial charge in [0.1, 0.15) is 5.82 Å². The molecule has 1 aromatic heterocycles. The van der Waals surface area contributed by atoms with Crippen molar-refractivity contribution in [3.05, 3.63) is 285 Å². The molecule has 0 radical (unpaired) electrons. The van der Waals surface area contributed by atoms with E-state index in [-0.39, 0.29) is 38.6 Å². The van der Waals surface area contributed by atoms with Crippen LogP contribution < -0.4 is 9.80 Å². The van der Waals surface area contributed by atoms with Crippen molar-refractivity contribution in [2.75, 3.05) is 9.80 Å². The Balaban J connectivity index is 1.07. The molecule has 6 nitrogen and oxygen atoms in total. The standard InChI is InChI=1S/C77H60Cl2N4O2/c1-45(2)60-19-14-20-61(46(3)4)72(60)82-71(38-37-62-74(84)65-43-67(78)68(79)44-66(65)75(62)85)83(77-76(82)80-69-41-48(6)49(7)42-70(69)81-77)73-63(58-33-29-56(30-34-58)54-25-21-52(22-26-54)50-15-10-8-11-16-50)39-47(5)40-64(73)59-35-31-57(32-36-59)55-27-23-53(24-28-55)51-17-12-9-13-18-51/h8-46H,1-7H3/b71-38+. The maximum atomic E-state index is 14.6. The number of aromatic nitrogens is 2. The van der Waals surface area contributed by atoms with Crippen LogP contribution in [0.25, 0.3) is 77.8 Å². The molecule has 0 spiro atoms. The number of halogens is 2. The first-order valence-electron chi connectivity index (χ1n) is 28.9. The fraction of sp³-hybridized carbons (Fsp3) is 0.117. The van der Waals surface area contributed by atoms with Gasteiger partial charge in [-0.05, 0) is 165 Å². The van der Waals surface area contributed by atoms with Gasteiger partial charge in [0.2, 0.25) is 0 Å². The Bertz CT molecular complexity index is 4310. The molecule has 0 N–H and O–H groups in total. The lowest BCUT2D eigenvalue weighted by atomic mass is 9.90. The molecule has 8 heteroatoms. The van der Waals surface area contributed by atoms with Crippen LogP contribution in [0.15, 0.2) is 236 Å². The Morgan fingerprint density at radius 3 is 1.08 bits per heavy atom. The van der Waals surface area contributed by atoms with Crippen molar-refractivity contribution in [2.24, 2.45) is 0 Å². The third-order valence-electron chi connectivity index (χ3n) is 16.6. The van der Waals surface area contributed by atoms with E-state index in [2.05, 4.69) is 246 Å². The van der Waals surface area contributed by atoms with Gasteiger partial charge in [-0.2, -0.15) is 0 Å². The van der Waals surface area contributed by atoms with Crippen LogP contribution in [0, 0.1) is 20.8 Å². The molecule has 0 fully saturated rings. The molecule has 11 aromatic rings. The zero-order chi connectivity index (χ0) is 58.8. The summed E-state index contributed by atoms with van der Waals surface area (Å²) in [6, 6.07) is 74.2. The summed E-state index contributed by atoms with van der Waals surface area (Å²) in [5.74, 6) is 1.15. The number of allylic oxidation sites excluding steroid dienone is 3. The van der Waals surface area contributed by atoms with Gasteiger partial charge >= 0.3 is 0 Å². The highest BCUT2D eigenvalue weighted by Crippen LogP contribution is 2.56. The highest BCUT2D eigenvalue weighted by atomic mass is 35.5. The lowest BCUT2D eigenvalue weighted by Crippen LogP contribution is -2.25. The minimum Gasteiger partial charge on any atom is -0.288 e. The van der Waals surface area contributed by atoms with E-state index in [0.717, 1.165) is 106 Å². The van der Waals surface area contributed by atoms with Gasteiger partial charge in [-0.15, -0.1) is 0 Å². The minimum atomic E-state index is -0.427. The molecule has 414 valence electrons. The Hall–Kier alpha value is -9.46. The lowest BCUT2D eigenvalue weighted by Gasteiger charge is -2.32. The van der Waals surface area contributed by atoms with Crippen molar-refractivity contribution in [3.63, 3.8) is 0 Å². The molecular formula is C77H60Cl2N4O2. The van der Waals surface area contributed by atoms with E-state index in [1.54, 1.807) is 6.08 Å². The second kappa shape index (κ2) is 22.3. The highest BCUT2D eigenvalue weighted by molar-refractivity contribution is 6.45. The average molecular weight is 1140 g/mol. The molecule has 85 heavy (non-hydrogen) atoms. The number of carbonyl (C=O) groups is 2. The number of rotatable bonds is 11. The molecule has 10 aromatic carbocycles. The van der Waals surface area contributed by atoms with Crippen molar-refractivity contribution in [1.82, 2.24) is 9.97 Å². The van der Waals surface area contributed by atoms with Gasteiger partial charge in [0.25, 0.3) is 0 Å². The number of hydrogen-bond acceptors (Lipinski definition) is 6. The Labute approximate surface area is 507 Å². The number of fused-ring (bicyclic) bond motifs is 3. The van der Waals surface area contributed by atoms with E-state index >= 15 is 0 Å². The van der Waals surface area contributed by atoms with E-state index in [4.69, 9.17) is 33.2 Å². The van der Waals surface area contributed by atoms with Crippen molar-refractivity contribution < 1.29 is 9.59 Å². The quantitative estimate of drug-likeness (QED) is 0.0950. The second-order valence-corrected chi connectivity index (χ2v) is 23.7. The molecule has 0 saturated carbocycles. The highest BCUT2D eigenvalue weighted by Gasteiger charge is 2.42. The summed E-state index contributed by atoms with van der Waals surface area (Å²) >= 11 is 13.0. The number of benzene rings is 10. The zero-order valence-corrected chi connectivity index (χ0v) is 49.9. The normalized spacial score (nSPS) is 13.4. The van der Waals surface area contributed by atoms with Crippen LogP contribution in [0.1, 0.15) is 88.1 Å². The molecule has 0 bridgehead atoms. The molecular weight excluding hydrogens is 1080 g/mol. The number of Topliss-reactive ketones (excluding diaryl/α,β-unsaturated/α-hetero) is 2. The lowest BCUT2D eigenvalue weighted by molar-refractivity contribution is 0.0988. The molecule has 1 aliphatic carbocycles. The molecule has 13 rings (SSSR count). The van der Waals surface area contributed by atoms with Crippen LogP contribution in [0.4, 0.5) is 23.0 Å². The predicted molar refractivity (Wildman–Crippen MR) is 353 cm³/mol. The van der Waals surface area contributed by atoms with Crippen LogP contribution in [-0.2, 0) is 0 Å². The van der Waals surface area contributed by atoms with E-state index in [0.29, 0.717) is 17.5 Å². The number of carbonyl (C=O) groups excluding carboxylic acids is 2. The molecule has 2 aliphatic rings. The maximum absolute atomic E-state index is 14.6. The first-order valence-corrected chi connectivity index (χ1v) is 29.6. The third-order valence-corrected chi connectivity index (χ3v) is 17.4. The summed E-state index contributed by atoms with van der Waals surface area (Å²) < 4.78 is 0. The third kappa shape index (κ3) is 10.1. The van der Waals surface area contributed by atoms with E-state index in [1.807, 2.05) is 18.2 Å². The van der Waals surface area contributed by atoms with E-state index in [1.165, 1.54) is 23.3 Å². The summed E-state index contributed by atoms with van der Waals surface area (Å²) in [4.78, 5) is 45.0. The molecule has 0 saturated heterocycles. The van der Waals surface area contributed by atoms with Crippen LogP contribution in [0.2, 0.25) is 10.0 Å². The first-order chi connectivity index (χ1) is 41.2. The van der Waals surface area contributed by atoms with Crippen molar-refractivity contribution in [2.45, 2.75) is 60.3 Å². The topological polar surface area (TPSA) is 66.4 Å². The van der Waals surface area contributed by atoms with Crippen molar-refractivity contribution in [1.29, 1.82) is 0 Å². The summed E-state index contributed by atoms with van der Waals surface area (Å²) in [7, 11) is 0. The summed E-state index contributed by atoms with van der Waals surface area (Å²) in [6.07, 6.45) is 3.57. The fourth-order valence-corrected chi connectivity index (χ4v) is 12.3. The monoisotopic (exact) mass is 1140 g/mol. The van der Waals surface area contributed by atoms with Crippen LogP contribution in [0.3, 0.4) is 0 Å². The van der Waals surface area contributed by atoms with Gasteiger partial charge in [-0.25, -0.2) is 9.97 Å². The number of para-hydroxylation sites is 1. The summed E-state index contributed by atoms with van der Waals surface area (Å²) in [5, 5.41) is 0.404. The molecule has 2 heterocycles. The number of nitrogens with zero attached hydrogens (tertiary/aromatic N) is 4. The largest absolute Gasteiger partial charge is 0.288 e. The van der Waals surface area contributed by atoms with Gasteiger partial charge in [0.05, 0.1) is 38.0 Å². The average Bonchev–Trinajstić information content (AvgIpc) is 1.81. The summed E-state index contributed by atoms with van der Waals surface area (Å²) in [5.41, 5.74) is 22.1. The SMILES string of the molecule is Cc1cc(-c2ccc(-c3ccc(-c4ccccc4)cc3)cc2)c(N2/C(=C/C=C3C(=O)c4cc(Cl)c(Cl)cc4C3=O)N(c3c(C(C)C)cccc3C(C)C)c3nc4cc(C)c(C)cc4nc32)c(-c2ccc(-c3ccc(-c4ccccc4)cc3)cc2)c1. The number of aryl methyl sites for hydroxylation is 3. The Morgan fingerprint density at radius 2 is 0.718 bits per heavy atom. The van der Waals surface area contributed by atoms with Crippen molar-refractivity contribution in [3.8, 4) is 66.8 Å². The second-order valence-electron chi connectivity index (χ2n) is 22.9. The van der Waals surface area contributed by atoms with Gasteiger partial charge in [0, 0.05) is 22.3 Å². The molecule has 0 unspecified atom stereocenters. The van der Waals surface area contributed by atoms with E-state index in [9.17, 15) is 9.59 Å². The number of ketones is 2. The smallest absolute Gasteiger partial charge is 0.197 e. The Kier molecular flexibility index (Phi) is 14.4. The van der Waals surface area contributed by atoms with Gasteiger partial charge < -0.3 is 0 Å². The Morgan fingerprint density at radius 1 is 0.376 bits per heavy atom. The fourth-order valence-electron chi connectivity index (χ4n) is 12.0. The van der Waals surface area contributed by atoms with E-state index < -0.39 is 11.6 Å². The predicted octanol–water partition coefficient (Wildman–Crippen LogP) is 21.2. The van der Waals surface area contributed by atoms with Gasteiger partial charge in [-0.3, -0.25) is 19.4 Å². The van der Waals surface area contributed by atoms with Crippen molar-refractivity contribution >= 4 is 68.8 Å². The van der Waals surface area contributed by atoms with Crippen LogP contribution >= 0.6 is 23.2 Å². The molecule has 1 aliphatic heterocycles. The summed E-state index contributed by atoms with van der Waals surface area (Å²) in [6.45, 7) is 15.2. The van der Waals surface area contributed by atoms with Crippen LogP contribution in [-0.4, -0.2) is 21.5 Å². The van der Waals surface area contributed by atoms with Crippen LogP contribution in [0.5, 0.6) is 0 Å². The number of anilines is 4. The maximum Gasteiger partial charge on any atom is 0.197 e. The zero-order valence-electron chi connectivity index (χ0n) is 48.4.